The quantitative estimate of drug-likeness (QED) is 0.610. The second-order valence-corrected chi connectivity index (χ2v) is 4.27. The van der Waals surface area contributed by atoms with E-state index in [9.17, 15) is 18.8 Å². The lowest BCUT2D eigenvalue weighted by Crippen LogP contribution is -2.39. The second kappa shape index (κ2) is 4.79. The summed E-state index contributed by atoms with van der Waals surface area (Å²) in [5, 5.41) is 0. The molecule has 0 spiro atoms. The van der Waals surface area contributed by atoms with Crippen molar-refractivity contribution in [3.63, 3.8) is 0 Å². The lowest BCUT2D eigenvalue weighted by molar-refractivity contribution is -0.140. The Bertz CT molecular complexity index is 570. The number of anilines is 1. The third-order valence-electron chi connectivity index (χ3n) is 3.02. The number of carbonyl (C=O) groups is 3. The highest BCUT2D eigenvalue weighted by molar-refractivity contribution is 6.52. The summed E-state index contributed by atoms with van der Waals surface area (Å²) >= 11 is 0. The van der Waals surface area contributed by atoms with E-state index in [0.29, 0.717) is 0 Å². The summed E-state index contributed by atoms with van der Waals surface area (Å²) in [7, 11) is 1.22. The fourth-order valence-corrected chi connectivity index (χ4v) is 2.11. The van der Waals surface area contributed by atoms with Crippen molar-refractivity contribution >= 4 is 23.3 Å². The van der Waals surface area contributed by atoms with E-state index < -0.39 is 29.5 Å². The van der Waals surface area contributed by atoms with Crippen LogP contribution in [0.3, 0.4) is 0 Å². The lowest BCUT2D eigenvalue weighted by atomic mass is 10.1. The standard InChI is InChI=1S/C13H12FNO4/c1-7(6-10(16)19-2)15-11-8(12(17)13(15)18)4-3-5-9(11)14/h3-5,7H,6H2,1-2H3. The summed E-state index contributed by atoms with van der Waals surface area (Å²) in [6.45, 7) is 1.56. The minimum Gasteiger partial charge on any atom is -0.469 e. The highest BCUT2D eigenvalue weighted by atomic mass is 19.1. The van der Waals surface area contributed by atoms with Crippen LogP contribution in [-0.4, -0.2) is 30.8 Å². The summed E-state index contributed by atoms with van der Waals surface area (Å²) in [4.78, 5) is 35.9. The number of benzene rings is 1. The molecule has 0 saturated carbocycles. The topological polar surface area (TPSA) is 63.7 Å². The van der Waals surface area contributed by atoms with Crippen molar-refractivity contribution in [2.24, 2.45) is 0 Å². The zero-order chi connectivity index (χ0) is 14.2. The molecule has 100 valence electrons. The van der Waals surface area contributed by atoms with E-state index in [2.05, 4.69) is 4.74 Å². The SMILES string of the molecule is COC(=O)CC(C)N1C(=O)C(=O)c2cccc(F)c21. The number of fused-ring (bicyclic) bond motifs is 1. The Labute approximate surface area is 109 Å². The van der Waals surface area contributed by atoms with Gasteiger partial charge in [0.05, 0.1) is 24.8 Å². The number of Topliss-reactive ketones (excluding diaryl/α,β-unsaturated/α-hetero) is 1. The molecule has 1 amide bonds. The van der Waals surface area contributed by atoms with E-state index in [1.54, 1.807) is 6.92 Å². The molecule has 0 saturated heterocycles. The summed E-state index contributed by atoms with van der Waals surface area (Å²) in [6.07, 6.45) is -0.108. The molecule has 1 aromatic rings. The summed E-state index contributed by atoms with van der Waals surface area (Å²) in [5.41, 5.74) is -0.0318. The molecule has 0 aliphatic carbocycles. The number of ketones is 1. The molecule has 1 aromatic carbocycles. The Morgan fingerprint density at radius 2 is 2.11 bits per heavy atom. The summed E-state index contributed by atoms with van der Waals surface area (Å²) < 4.78 is 18.3. The van der Waals surface area contributed by atoms with Crippen LogP contribution in [0.4, 0.5) is 10.1 Å². The highest BCUT2D eigenvalue weighted by Gasteiger charge is 2.40. The third-order valence-corrected chi connectivity index (χ3v) is 3.02. The van der Waals surface area contributed by atoms with E-state index in [0.717, 1.165) is 4.90 Å². The first-order chi connectivity index (χ1) is 8.97. The van der Waals surface area contributed by atoms with Crippen LogP contribution in [0.2, 0.25) is 0 Å². The van der Waals surface area contributed by atoms with Gasteiger partial charge >= 0.3 is 5.97 Å². The molecule has 0 radical (unpaired) electrons. The number of carbonyl (C=O) groups excluding carboxylic acids is 3. The Kier molecular flexibility index (Phi) is 3.33. The van der Waals surface area contributed by atoms with Gasteiger partial charge in [-0.05, 0) is 19.1 Å². The molecule has 1 aliphatic rings. The number of methoxy groups -OCH3 is 1. The molecule has 6 heteroatoms. The Morgan fingerprint density at radius 3 is 2.74 bits per heavy atom. The van der Waals surface area contributed by atoms with Gasteiger partial charge < -0.3 is 4.74 Å². The first-order valence-electron chi connectivity index (χ1n) is 5.70. The van der Waals surface area contributed by atoms with Gasteiger partial charge in [0, 0.05) is 6.04 Å². The minimum atomic E-state index is -0.823. The molecule has 5 nitrogen and oxygen atoms in total. The van der Waals surface area contributed by atoms with Gasteiger partial charge in [0.2, 0.25) is 0 Å². The number of ether oxygens (including phenoxy) is 1. The molecule has 1 heterocycles. The van der Waals surface area contributed by atoms with Crippen molar-refractivity contribution in [1.82, 2.24) is 0 Å². The first kappa shape index (κ1) is 13.2. The van der Waals surface area contributed by atoms with Gasteiger partial charge in [-0.15, -0.1) is 0 Å². The van der Waals surface area contributed by atoms with Gasteiger partial charge in [0.25, 0.3) is 11.7 Å². The zero-order valence-electron chi connectivity index (χ0n) is 10.5. The molecule has 0 aromatic heterocycles. The molecule has 1 aliphatic heterocycles. The zero-order valence-corrected chi connectivity index (χ0v) is 10.5. The Hall–Kier alpha value is -2.24. The Morgan fingerprint density at radius 1 is 1.42 bits per heavy atom. The van der Waals surface area contributed by atoms with Crippen LogP contribution in [0.15, 0.2) is 18.2 Å². The van der Waals surface area contributed by atoms with Crippen molar-refractivity contribution in [3.8, 4) is 0 Å². The number of nitrogens with zero attached hydrogens (tertiary/aromatic N) is 1. The van der Waals surface area contributed by atoms with E-state index >= 15 is 0 Å². The maximum absolute atomic E-state index is 13.8. The lowest BCUT2D eigenvalue weighted by Gasteiger charge is -2.23. The number of para-hydroxylation sites is 1. The van der Waals surface area contributed by atoms with Crippen molar-refractivity contribution in [2.75, 3.05) is 12.0 Å². The summed E-state index contributed by atoms with van der Waals surface area (Å²) in [5.74, 6) is -2.77. The van der Waals surface area contributed by atoms with Gasteiger partial charge in [0.1, 0.15) is 5.82 Å². The van der Waals surface area contributed by atoms with Gasteiger partial charge in [0.15, 0.2) is 0 Å². The molecular weight excluding hydrogens is 253 g/mol. The number of hydrogen-bond donors (Lipinski definition) is 0. The van der Waals surface area contributed by atoms with E-state index in [1.807, 2.05) is 0 Å². The largest absolute Gasteiger partial charge is 0.469 e. The van der Waals surface area contributed by atoms with Crippen LogP contribution in [0.5, 0.6) is 0 Å². The van der Waals surface area contributed by atoms with Crippen molar-refractivity contribution in [3.05, 3.63) is 29.6 Å². The van der Waals surface area contributed by atoms with E-state index in [1.165, 1.54) is 25.3 Å². The van der Waals surface area contributed by atoms with Crippen molar-refractivity contribution in [1.29, 1.82) is 0 Å². The smallest absolute Gasteiger partial charge is 0.307 e. The predicted molar refractivity (Wildman–Crippen MR) is 64.3 cm³/mol. The highest BCUT2D eigenvalue weighted by Crippen LogP contribution is 2.33. The molecule has 2 rings (SSSR count). The van der Waals surface area contributed by atoms with Crippen LogP contribution < -0.4 is 4.90 Å². The normalized spacial score (nSPS) is 15.4. The molecule has 0 fully saturated rings. The number of rotatable bonds is 3. The van der Waals surface area contributed by atoms with Crippen molar-refractivity contribution < 1.29 is 23.5 Å². The van der Waals surface area contributed by atoms with Crippen LogP contribution in [0.1, 0.15) is 23.7 Å². The molecule has 1 unspecified atom stereocenters. The Balaban J connectivity index is 2.40. The average Bonchev–Trinajstić information content (AvgIpc) is 2.64. The fourth-order valence-electron chi connectivity index (χ4n) is 2.11. The number of hydrogen-bond acceptors (Lipinski definition) is 4. The third kappa shape index (κ3) is 2.09. The summed E-state index contributed by atoms with van der Waals surface area (Å²) in [6, 6.07) is 3.28. The van der Waals surface area contributed by atoms with Crippen LogP contribution >= 0.6 is 0 Å². The van der Waals surface area contributed by atoms with Gasteiger partial charge in [-0.2, -0.15) is 0 Å². The molecular formula is C13H12FNO4. The predicted octanol–water partition coefficient (Wildman–Crippen LogP) is 1.31. The maximum Gasteiger partial charge on any atom is 0.307 e. The second-order valence-electron chi connectivity index (χ2n) is 4.27. The van der Waals surface area contributed by atoms with Crippen molar-refractivity contribution in [2.45, 2.75) is 19.4 Å². The molecule has 0 bridgehead atoms. The van der Waals surface area contributed by atoms with Crippen LogP contribution in [0.25, 0.3) is 0 Å². The van der Waals surface area contributed by atoms with Crippen LogP contribution in [0, 0.1) is 5.82 Å². The fraction of sp³-hybridized carbons (Fsp3) is 0.308. The molecule has 0 N–H and O–H groups in total. The molecule has 19 heavy (non-hydrogen) atoms. The van der Waals surface area contributed by atoms with Gasteiger partial charge in [-0.1, -0.05) is 6.07 Å². The minimum absolute atomic E-state index is 0.0294. The van der Waals surface area contributed by atoms with E-state index in [4.69, 9.17) is 0 Å². The van der Waals surface area contributed by atoms with Gasteiger partial charge in [-0.3, -0.25) is 19.3 Å². The molecule has 1 atom stereocenters. The monoisotopic (exact) mass is 265 g/mol. The van der Waals surface area contributed by atoms with E-state index in [-0.39, 0.29) is 17.7 Å². The number of amides is 1. The maximum atomic E-state index is 13.8. The average molecular weight is 265 g/mol. The first-order valence-corrected chi connectivity index (χ1v) is 5.70. The number of esters is 1. The number of halogens is 1. The van der Waals surface area contributed by atoms with Gasteiger partial charge in [-0.25, -0.2) is 4.39 Å². The van der Waals surface area contributed by atoms with Crippen LogP contribution in [-0.2, 0) is 14.3 Å².